The summed E-state index contributed by atoms with van der Waals surface area (Å²) in [7, 11) is 0. The van der Waals surface area contributed by atoms with Gasteiger partial charge in [0, 0.05) is 11.7 Å². The molecular formula is C23H25FN4OS. The summed E-state index contributed by atoms with van der Waals surface area (Å²) in [5.41, 5.74) is 2.37. The first kappa shape index (κ1) is 20.6. The van der Waals surface area contributed by atoms with Gasteiger partial charge in [0.1, 0.15) is 5.82 Å². The van der Waals surface area contributed by atoms with E-state index in [0.717, 1.165) is 24.1 Å². The zero-order chi connectivity index (χ0) is 21.3. The fraction of sp³-hybridized carbons (Fsp3) is 0.348. The van der Waals surface area contributed by atoms with Gasteiger partial charge in [0.15, 0.2) is 11.0 Å². The van der Waals surface area contributed by atoms with Crippen molar-refractivity contribution < 1.29 is 9.18 Å². The number of carbonyl (C=O) groups excluding carboxylic acids is 1. The van der Waals surface area contributed by atoms with Gasteiger partial charge in [-0.25, -0.2) is 4.39 Å². The van der Waals surface area contributed by atoms with Crippen molar-refractivity contribution in [2.45, 2.75) is 56.0 Å². The molecule has 1 N–H and O–H groups in total. The normalized spacial score (nSPS) is 14.7. The van der Waals surface area contributed by atoms with Crippen LogP contribution in [0.25, 0.3) is 11.4 Å². The molecule has 0 saturated heterocycles. The topological polar surface area (TPSA) is 59.8 Å². The Morgan fingerprint density at radius 2 is 1.80 bits per heavy atom. The van der Waals surface area contributed by atoms with Crippen molar-refractivity contribution in [2.75, 3.05) is 5.32 Å². The van der Waals surface area contributed by atoms with Crippen LogP contribution in [0.3, 0.4) is 0 Å². The van der Waals surface area contributed by atoms with Crippen LogP contribution >= 0.6 is 11.8 Å². The first-order chi connectivity index (χ1) is 14.5. The van der Waals surface area contributed by atoms with Crippen molar-refractivity contribution in [2.24, 2.45) is 0 Å². The van der Waals surface area contributed by atoms with Crippen LogP contribution in [0.4, 0.5) is 10.1 Å². The van der Waals surface area contributed by atoms with E-state index in [9.17, 15) is 9.18 Å². The maximum atomic E-state index is 14.3. The first-order valence-electron chi connectivity index (χ1n) is 10.2. The van der Waals surface area contributed by atoms with E-state index in [2.05, 4.69) is 29.4 Å². The van der Waals surface area contributed by atoms with E-state index in [1.54, 1.807) is 18.2 Å². The zero-order valence-electron chi connectivity index (χ0n) is 17.3. The largest absolute Gasteiger partial charge is 0.325 e. The Labute approximate surface area is 180 Å². The van der Waals surface area contributed by atoms with E-state index in [0.29, 0.717) is 22.5 Å². The van der Waals surface area contributed by atoms with Crippen molar-refractivity contribution in [3.63, 3.8) is 0 Å². The monoisotopic (exact) mass is 424 g/mol. The Kier molecular flexibility index (Phi) is 5.90. The second-order valence-electron chi connectivity index (χ2n) is 7.88. The minimum atomic E-state index is -0.375. The second-order valence-corrected chi connectivity index (χ2v) is 9.19. The molecule has 1 saturated carbocycles. The minimum Gasteiger partial charge on any atom is -0.325 e. The lowest BCUT2D eigenvalue weighted by molar-refractivity contribution is -0.115. The number of aromatic nitrogens is 3. The molecule has 2 aromatic carbocycles. The fourth-order valence-electron chi connectivity index (χ4n) is 3.41. The number of hydrogen-bond acceptors (Lipinski definition) is 4. The Morgan fingerprint density at radius 3 is 2.50 bits per heavy atom. The number of rotatable bonds is 7. The highest BCUT2D eigenvalue weighted by atomic mass is 32.2. The van der Waals surface area contributed by atoms with E-state index < -0.39 is 0 Å². The van der Waals surface area contributed by atoms with Crippen molar-refractivity contribution >= 4 is 23.4 Å². The van der Waals surface area contributed by atoms with Crippen LogP contribution in [0.5, 0.6) is 0 Å². The van der Waals surface area contributed by atoms with Gasteiger partial charge in [-0.05, 0) is 49.4 Å². The molecule has 156 valence electrons. The molecule has 7 heteroatoms. The summed E-state index contributed by atoms with van der Waals surface area (Å²) < 4.78 is 16.3. The number of hydrogen-bond donors (Lipinski definition) is 1. The maximum absolute atomic E-state index is 14.3. The average Bonchev–Trinajstić information content (AvgIpc) is 3.49. The van der Waals surface area contributed by atoms with Crippen molar-refractivity contribution in [3.05, 3.63) is 59.9 Å². The number of anilines is 1. The van der Waals surface area contributed by atoms with Gasteiger partial charge in [-0.1, -0.05) is 55.9 Å². The number of thioether (sulfide) groups is 1. The minimum absolute atomic E-state index is 0.0918. The zero-order valence-corrected chi connectivity index (χ0v) is 18.1. The third kappa shape index (κ3) is 4.26. The third-order valence-corrected chi connectivity index (χ3v) is 6.24. The van der Waals surface area contributed by atoms with Crippen molar-refractivity contribution in [3.8, 4) is 11.4 Å². The van der Waals surface area contributed by atoms with E-state index >= 15 is 0 Å². The fourth-order valence-corrected chi connectivity index (χ4v) is 4.33. The molecule has 4 rings (SSSR count). The lowest BCUT2D eigenvalue weighted by atomic mass is 10.0. The molecule has 30 heavy (non-hydrogen) atoms. The molecule has 1 unspecified atom stereocenters. The Hall–Kier alpha value is -2.67. The van der Waals surface area contributed by atoms with E-state index in [4.69, 9.17) is 0 Å². The summed E-state index contributed by atoms with van der Waals surface area (Å²) in [4.78, 5) is 12.9. The Morgan fingerprint density at radius 1 is 1.10 bits per heavy atom. The smallest absolute Gasteiger partial charge is 0.237 e. The molecule has 1 amide bonds. The van der Waals surface area contributed by atoms with Crippen LogP contribution in [-0.4, -0.2) is 25.9 Å². The van der Waals surface area contributed by atoms with Crippen LogP contribution in [-0.2, 0) is 4.79 Å². The van der Waals surface area contributed by atoms with E-state index in [1.807, 2.05) is 35.8 Å². The predicted molar refractivity (Wildman–Crippen MR) is 118 cm³/mol. The number of benzene rings is 2. The molecule has 1 aliphatic carbocycles. The van der Waals surface area contributed by atoms with Gasteiger partial charge in [-0.2, -0.15) is 0 Å². The summed E-state index contributed by atoms with van der Waals surface area (Å²) in [5, 5.41) is 11.9. The van der Waals surface area contributed by atoms with Crippen LogP contribution in [0.2, 0.25) is 0 Å². The Balaban J connectivity index is 1.55. The highest BCUT2D eigenvalue weighted by Gasteiger charge is 2.32. The number of nitrogens with zero attached hydrogens (tertiary/aromatic N) is 3. The molecule has 0 bridgehead atoms. The Bertz CT molecular complexity index is 1060. The average molecular weight is 425 g/mol. The standard InChI is InChI=1S/C23H25FN4OS/c1-14(2)17-8-5-7-11-20(17)25-22(29)15(3)30-23-27-26-21(28(23)16-12-13-16)18-9-4-6-10-19(18)24/h4-11,14-16H,12-13H2,1-3H3,(H,25,29). The molecule has 1 atom stereocenters. The van der Waals surface area contributed by atoms with Gasteiger partial charge in [-0.15, -0.1) is 10.2 Å². The molecule has 0 radical (unpaired) electrons. The van der Waals surface area contributed by atoms with Gasteiger partial charge in [0.05, 0.1) is 10.8 Å². The molecular weight excluding hydrogens is 399 g/mol. The molecule has 1 aromatic heterocycles. The third-order valence-electron chi connectivity index (χ3n) is 5.18. The van der Waals surface area contributed by atoms with Gasteiger partial charge in [0.25, 0.3) is 0 Å². The molecule has 1 aliphatic rings. The van der Waals surface area contributed by atoms with Crippen molar-refractivity contribution in [1.82, 2.24) is 14.8 Å². The molecule has 1 heterocycles. The molecule has 0 aliphatic heterocycles. The lowest BCUT2D eigenvalue weighted by Crippen LogP contribution is -2.23. The summed E-state index contributed by atoms with van der Waals surface area (Å²) >= 11 is 1.36. The van der Waals surface area contributed by atoms with Gasteiger partial charge >= 0.3 is 0 Å². The molecule has 1 fully saturated rings. The summed E-state index contributed by atoms with van der Waals surface area (Å²) in [5.74, 6) is 0.423. The highest BCUT2D eigenvalue weighted by molar-refractivity contribution is 8.00. The second kappa shape index (κ2) is 8.60. The number of amides is 1. The van der Waals surface area contributed by atoms with E-state index in [1.165, 1.54) is 17.8 Å². The van der Waals surface area contributed by atoms with E-state index in [-0.39, 0.29) is 23.0 Å². The first-order valence-corrected chi connectivity index (χ1v) is 11.1. The van der Waals surface area contributed by atoms with Gasteiger partial charge in [0.2, 0.25) is 5.91 Å². The number of halogens is 1. The van der Waals surface area contributed by atoms with Crippen LogP contribution in [0.1, 0.15) is 51.1 Å². The number of nitrogens with one attached hydrogen (secondary N) is 1. The summed E-state index contributed by atoms with van der Waals surface area (Å²) in [6.45, 7) is 6.06. The molecule has 0 spiro atoms. The van der Waals surface area contributed by atoms with Crippen molar-refractivity contribution in [1.29, 1.82) is 0 Å². The highest BCUT2D eigenvalue weighted by Crippen LogP contribution is 2.42. The molecule has 5 nitrogen and oxygen atoms in total. The lowest BCUT2D eigenvalue weighted by Gasteiger charge is -2.16. The SMILES string of the molecule is CC(Sc1nnc(-c2ccccc2F)n1C1CC1)C(=O)Nc1ccccc1C(C)C. The molecule has 3 aromatic rings. The summed E-state index contributed by atoms with van der Waals surface area (Å²) in [6.07, 6.45) is 2.02. The maximum Gasteiger partial charge on any atom is 0.237 e. The van der Waals surface area contributed by atoms with Gasteiger partial charge < -0.3 is 5.32 Å². The van der Waals surface area contributed by atoms with Crippen LogP contribution in [0.15, 0.2) is 53.7 Å². The quantitative estimate of drug-likeness (QED) is 0.497. The van der Waals surface area contributed by atoms with Crippen LogP contribution < -0.4 is 5.32 Å². The van der Waals surface area contributed by atoms with Crippen LogP contribution in [0, 0.1) is 5.82 Å². The number of para-hydroxylation sites is 1. The predicted octanol–water partition coefficient (Wildman–Crippen LogP) is 5.66. The van der Waals surface area contributed by atoms with Gasteiger partial charge in [-0.3, -0.25) is 9.36 Å². The summed E-state index contributed by atoms with van der Waals surface area (Å²) in [6, 6.07) is 14.7. The number of carbonyl (C=O) groups is 1.